The Balaban J connectivity index is 2.74. The van der Waals surface area contributed by atoms with Crippen LogP contribution in [0.15, 0.2) is 6.20 Å². The van der Waals surface area contributed by atoms with Gasteiger partial charge >= 0.3 is 11.8 Å². The molecule has 0 aromatic carbocycles. The second-order valence-corrected chi connectivity index (χ2v) is 4.32. The van der Waals surface area contributed by atoms with Gasteiger partial charge in [-0.05, 0) is 18.4 Å². The summed E-state index contributed by atoms with van der Waals surface area (Å²) in [6.07, 6.45) is 1.70. The predicted molar refractivity (Wildman–Crippen MR) is 68.0 cm³/mol. The summed E-state index contributed by atoms with van der Waals surface area (Å²) in [6.45, 7) is 4.22. The molecule has 0 saturated carbocycles. The molecular formula is C11H18N4O4. The van der Waals surface area contributed by atoms with Crippen molar-refractivity contribution in [1.29, 1.82) is 0 Å². The van der Waals surface area contributed by atoms with E-state index in [1.165, 1.54) is 10.8 Å². The second-order valence-electron chi connectivity index (χ2n) is 4.32. The Hall–Kier alpha value is -1.96. The van der Waals surface area contributed by atoms with Crippen molar-refractivity contribution in [3.63, 3.8) is 0 Å². The highest BCUT2D eigenvalue weighted by Crippen LogP contribution is 2.13. The average Bonchev–Trinajstić information content (AvgIpc) is 2.68. The summed E-state index contributed by atoms with van der Waals surface area (Å²) in [5.41, 5.74) is 0. The Morgan fingerprint density at radius 3 is 2.79 bits per heavy atom. The van der Waals surface area contributed by atoms with Gasteiger partial charge in [0.2, 0.25) is 0 Å². The van der Waals surface area contributed by atoms with Crippen LogP contribution < -0.4 is 0 Å². The molecule has 0 bridgehead atoms. The molecule has 8 nitrogen and oxygen atoms in total. The number of likely N-dealkylation sites (N-methyl/N-ethyl adjacent to an activating group) is 1. The molecular weight excluding hydrogens is 252 g/mol. The zero-order valence-electron chi connectivity index (χ0n) is 11.2. The second kappa shape index (κ2) is 6.28. The monoisotopic (exact) mass is 270 g/mol. The third-order valence-electron chi connectivity index (χ3n) is 3.10. The molecule has 1 unspecified atom stereocenters. The number of carboxylic acids is 1. The highest BCUT2D eigenvalue weighted by Gasteiger charge is 2.23. The van der Waals surface area contributed by atoms with Crippen molar-refractivity contribution in [1.82, 2.24) is 14.5 Å². The lowest BCUT2D eigenvalue weighted by molar-refractivity contribution is -0.392. The van der Waals surface area contributed by atoms with Gasteiger partial charge in [-0.2, -0.15) is 0 Å². The first-order valence-electron chi connectivity index (χ1n) is 5.98. The molecule has 0 radical (unpaired) electrons. The van der Waals surface area contributed by atoms with Crippen molar-refractivity contribution in [2.24, 2.45) is 0 Å². The summed E-state index contributed by atoms with van der Waals surface area (Å²) in [6, 6.07) is -0.581. The SMILES string of the molecule is CCC(C(=O)O)N(C)CCn1c([N+](=O)[O-])cnc1C. The lowest BCUT2D eigenvalue weighted by atomic mass is 10.2. The third-order valence-corrected chi connectivity index (χ3v) is 3.10. The van der Waals surface area contributed by atoms with Crippen LogP contribution in [0.3, 0.4) is 0 Å². The Morgan fingerprint density at radius 2 is 2.32 bits per heavy atom. The van der Waals surface area contributed by atoms with E-state index in [0.717, 1.165) is 0 Å². The minimum atomic E-state index is -0.887. The zero-order valence-corrected chi connectivity index (χ0v) is 11.2. The van der Waals surface area contributed by atoms with Crippen molar-refractivity contribution in [2.45, 2.75) is 32.9 Å². The number of imidazole rings is 1. The fraction of sp³-hybridized carbons (Fsp3) is 0.636. The van der Waals surface area contributed by atoms with E-state index in [0.29, 0.717) is 25.3 Å². The summed E-state index contributed by atoms with van der Waals surface area (Å²) in [5.74, 6) is -0.417. The number of aromatic nitrogens is 2. The summed E-state index contributed by atoms with van der Waals surface area (Å²) in [5, 5.41) is 19.8. The van der Waals surface area contributed by atoms with Crippen molar-refractivity contribution in [2.75, 3.05) is 13.6 Å². The smallest absolute Gasteiger partial charge is 0.342 e. The lowest BCUT2D eigenvalue weighted by Crippen LogP contribution is -2.39. The third kappa shape index (κ3) is 3.50. The van der Waals surface area contributed by atoms with E-state index in [9.17, 15) is 14.9 Å². The molecule has 1 atom stereocenters. The first kappa shape index (κ1) is 15.1. The molecule has 0 amide bonds. The normalized spacial score (nSPS) is 12.6. The Labute approximate surface area is 110 Å². The fourth-order valence-corrected chi connectivity index (χ4v) is 1.97. The first-order valence-corrected chi connectivity index (χ1v) is 5.98. The van der Waals surface area contributed by atoms with E-state index in [1.54, 1.807) is 25.8 Å². The number of carbonyl (C=O) groups is 1. The van der Waals surface area contributed by atoms with Crippen LogP contribution in [0.1, 0.15) is 19.2 Å². The summed E-state index contributed by atoms with van der Waals surface area (Å²) >= 11 is 0. The number of hydrogen-bond donors (Lipinski definition) is 1. The molecule has 0 aliphatic carbocycles. The molecule has 106 valence electrons. The molecule has 0 spiro atoms. The van der Waals surface area contributed by atoms with E-state index < -0.39 is 16.9 Å². The average molecular weight is 270 g/mol. The molecule has 19 heavy (non-hydrogen) atoms. The van der Waals surface area contributed by atoms with Gasteiger partial charge in [0.15, 0.2) is 5.82 Å². The van der Waals surface area contributed by atoms with Gasteiger partial charge in [0.05, 0.1) is 0 Å². The van der Waals surface area contributed by atoms with Crippen molar-refractivity contribution < 1.29 is 14.8 Å². The quantitative estimate of drug-likeness (QED) is 0.583. The van der Waals surface area contributed by atoms with Crippen LogP contribution in [-0.4, -0.2) is 50.1 Å². The van der Waals surface area contributed by atoms with Gasteiger partial charge in [-0.1, -0.05) is 6.92 Å². The van der Waals surface area contributed by atoms with Gasteiger partial charge in [0.1, 0.15) is 18.8 Å². The van der Waals surface area contributed by atoms with E-state index in [-0.39, 0.29) is 5.82 Å². The molecule has 0 fully saturated rings. The van der Waals surface area contributed by atoms with Crippen molar-refractivity contribution >= 4 is 11.8 Å². The summed E-state index contributed by atoms with van der Waals surface area (Å²) in [4.78, 5) is 26.9. The van der Waals surface area contributed by atoms with Gasteiger partial charge in [-0.3, -0.25) is 9.69 Å². The van der Waals surface area contributed by atoms with Gasteiger partial charge in [0.25, 0.3) is 0 Å². The molecule has 8 heteroatoms. The molecule has 0 aliphatic heterocycles. The van der Waals surface area contributed by atoms with Gasteiger partial charge < -0.3 is 15.2 Å². The summed E-state index contributed by atoms with van der Waals surface area (Å²) in [7, 11) is 1.69. The zero-order chi connectivity index (χ0) is 14.6. The minimum absolute atomic E-state index is 0.0747. The standard InChI is InChI=1S/C11H18N4O4/c1-4-9(11(16)17)13(3)5-6-14-8(2)12-7-10(14)15(18)19/h7,9H,4-6H2,1-3H3,(H,16,17). The molecule has 1 heterocycles. The van der Waals surface area contributed by atoms with Crippen LogP contribution in [0.25, 0.3) is 0 Å². The van der Waals surface area contributed by atoms with E-state index >= 15 is 0 Å². The Bertz CT molecular complexity index is 471. The number of aryl methyl sites for hydroxylation is 1. The maximum absolute atomic E-state index is 11.0. The van der Waals surface area contributed by atoms with E-state index in [2.05, 4.69) is 4.98 Å². The van der Waals surface area contributed by atoms with Crippen LogP contribution in [0.2, 0.25) is 0 Å². The van der Waals surface area contributed by atoms with Gasteiger partial charge in [-0.15, -0.1) is 0 Å². The Kier molecular flexibility index (Phi) is 4.99. The van der Waals surface area contributed by atoms with Crippen LogP contribution in [0, 0.1) is 17.0 Å². The highest BCUT2D eigenvalue weighted by atomic mass is 16.6. The Morgan fingerprint density at radius 1 is 1.68 bits per heavy atom. The topological polar surface area (TPSA) is 102 Å². The largest absolute Gasteiger partial charge is 0.480 e. The molecule has 0 aliphatic rings. The van der Waals surface area contributed by atoms with Crippen LogP contribution in [-0.2, 0) is 11.3 Å². The number of rotatable bonds is 7. The van der Waals surface area contributed by atoms with Gasteiger partial charge in [0, 0.05) is 13.5 Å². The van der Waals surface area contributed by atoms with E-state index in [1.807, 2.05) is 0 Å². The van der Waals surface area contributed by atoms with Crippen LogP contribution in [0.5, 0.6) is 0 Å². The highest BCUT2D eigenvalue weighted by molar-refractivity contribution is 5.73. The van der Waals surface area contributed by atoms with Crippen LogP contribution in [0.4, 0.5) is 5.82 Å². The lowest BCUT2D eigenvalue weighted by Gasteiger charge is -2.22. The van der Waals surface area contributed by atoms with Crippen molar-refractivity contribution in [3.05, 3.63) is 22.1 Å². The molecule has 1 N–H and O–H groups in total. The number of aliphatic carboxylic acids is 1. The van der Waals surface area contributed by atoms with Gasteiger partial charge in [-0.25, -0.2) is 9.55 Å². The maximum atomic E-state index is 11.0. The molecule has 1 aromatic rings. The number of nitro groups is 1. The maximum Gasteiger partial charge on any atom is 0.342 e. The summed E-state index contributed by atoms with van der Waals surface area (Å²) < 4.78 is 1.48. The fourth-order valence-electron chi connectivity index (χ4n) is 1.97. The number of carboxylic acid groups (broad SMARTS) is 1. The molecule has 0 saturated heterocycles. The molecule has 1 aromatic heterocycles. The predicted octanol–water partition coefficient (Wildman–Crippen LogP) is 0.895. The first-order chi connectivity index (χ1) is 8.88. The molecule has 1 rings (SSSR count). The number of hydrogen-bond acceptors (Lipinski definition) is 5. The van der Waals surface area contributed by atoms with E-state index in [4.69, 9.17) is 5.11 Å². The van der Waals surface area contributed by atoms with Crippen molar-refractivity contribution in [3.8, 4) is 0 Å². The number of nitrogens with zero attached hydrogens (tertiary/aromatic N) is 4. The minimum Gasteiger partial charge on any atom is -0.480 e. The van der Waals surface area contributed by atoms with Crippen LogP contribution >= 0.6 is 0 Å².